The number of halogens is 1. The molecule has 3 aromatic rings. The summed E-state index contributed by atoms with van der Waals surface area (Å²) in [5.74, 6) is -0.705. The number of para-hydroxylation sites is 1. The number of nitrogens with zero attached hydrogens (tertiary/aromatic N) is 1. The summed E-state index contributed by atoms with van der Waals surface area (Å²) in [5, 5.41) is 6.00. The molecule has 3 rings (SSSR count). The maximum absolute atomic E-state index is 12.4. The first kappa shape index (κ1) is 18.6. The van der Waals surface area contributed by atoms with Crippen LogP contribution in [0.1, 0.15) is 32.0 Å². The van der Waals surface area contributed by atoms with Gasteiger partial charge in [-0.05, 0) is 42.3 Å². The zero-order valence-electron chi connectivity index (χ0n) is 14.7. The predicted molar refractivity (Wildman–Crippen MR) is 106 cm³/mol. The Kier molecular flexibility index (Phi) is 5.84. The van der Waals surface area contributed by atoms with Crippen LogP contribution in [-0.2, 0) is 6.54 Å². The summed E-state index contributed by atoms with van der Waals surface area (Å²) in [6, 6.07) is 17.8. The lowest BCUT2D eigenvalue weighted by Crippen LogP contribution is -2.24. The van der Waals surface area contributed by atoms with E-state index < -0.39 is 0 Å². The van der Waals surface area contributed by atoms with E-state index in [1.807, 2.05) is 31.2 Å². The molecule has 0 unspecified atom stereocenters. The Balaban J connectivity index is 1.69. The van der Waals surface area contributed by atoms with Crippen LogP contribution in [0, 0.1) is 6.92 Å². The van der Waals surface area contributed by atoms with E-state index in [0.717, 1.165) is 11.1 Å². The van der Waals surface area contributed by atoms with Crippen molar-refractivity contribution < 1.29 is 9.59 Å². The quantitative estimate of drug-likeness (QED) is 0.697. The lowest BCUT2D eigenvalue weighted by molar-refractivity contribution is 0.0946. The number of nitrogens with one attached hydrogen (secondary N) is 2. The Morgan fingerprint density at radius 2 is 1.74 bits per heavy atom. The van der Waals surface area contributed by atoms with Crippen molar-refractivity contribution in [2.24, 2.45) is 0 Å². The minimum Gasteiger partial charge on any atom is -0.347 e. The van der Waals surface area contributed by atoms with Crippen molar-refractivity contribution in [3.05, 3.63) is 94.3 Å². The van der Waals surface area contributed by atoms with Crippen LogP contribution >= 0.6 is 11.6 Å². The average molecular weight is 380 g/mol. The van der Waals surface area contributed by atoms with Gasteiger partial charge >= 0.3 is 0 Å². The fourth-order valence-electron chi connectivity index (χ4n) is 2.53. The lowest BCUT2D eigenvalue weighted by atomic mass is 10.1. The van der Waals surface area contributed by atoms with Gasteiger partial charge in [0.05, 0.1) is 10.7 Å². The van der Waals surface area contributed by atoms with E-state index >= 15 is 0 Å². The molecule has 0 spiro atoms. The second-order valence-electron chi connectivity index (χ2n) is 5.97. The van der Waals surface area contributed by atoms with Crippen LogP contribution in [0.5, 0.6) is 0 Å². The first-order chi connectivity index (χ1) is 13.0. The first-order valence-corrected chi connectivity index (χ1v) is 8.77. The van der Waals surface area contributed by atoms with Gasteiger partial charge in [0.25, 0.3) is 11.8 Å². The number of amides is 2. The molecule has 0 aliphatic heterocycles. The van der Waals surface area contributed by atoms with Crippen molar-refractivity contribution in [2.45, 2.75) is 13.5 Å². The third kappa shape index (κ3) is 4.71. The fraction of sp³-hybridized carbons (Fsp3) is 0.0952. The van der Waals surface area contributed by atoms with Gasteiger partial charge in [-0.2, -0.15) is 0 Å². The van der Waals surface area contributed by atoms with Crippen molar-refractivity contribution in [3.8, 4) is 0 Å². The molecule has 2 amide bonds. The Hall–Kier alpha value is -3.18. The molecule has 136 valence electrons. The SMILES string of the molecule is Cc1ccccc1CNC(=O)c1cc(C(=O)Nc2ccccc2Cl)ccn1. The van der Waals surface area contributed by atoms with Gasteiger partial charge in [-0.3, -0.25) is 14.6 Å². The number of aryl methyl sites for hydroxylation is 1. The van der Waals surface area contributed by atoms with Crippen molar-refractivity contribution >= 4 is 29.1 Å². The fourth-order valence-corrected chi connectivity index (χ4v) is 2.71. The zero-order valence-corrected chi connectivity index (χ0v) is 15.5. The maximum Gasteiger partial charge on any atom is 0.270 e. The molecule has 6 heteroatoms. The molecule has 0 radical (unpaired) electrons. The van der Waals surface area contributed by atoms with Gasteiger partial charge in [-0.25, -0.2) is 0 Å². The van der Waals surface area contributed by atoms with Gasteiger partial charge < -0.3 is 10.6 Å². The number of hydrogen-bond donors (Lipinski definition) is 2. The van der Waals surface area contributed by atoms with Gasteiger partial charge in [-0.1, -0.05) is 48.0 Å². The number of rotatable bonds is 5. The van der Waals surface area contributed by atoms with Crippen molar-refractivity contribution in [3.63, 3.8) is 0 Å². The molecule has 27 heavy (non-hydrogen) atoms. The van der Waals surface area contributed by atoms with Crippen LogP contribution in [0.15, 0.2) is 66.9 Å². The highest BCUT2D eigenvalue weighted by Gasteiger charge is 2.13. The van der Waals surface area contributed by atoms with Crippen LogP contribution in [0.3, 0.4) is 0 Å². The summed E-state index contributed by atoms with van der Waals surface area (Å²) in [5.41, 5.74) is 3.13. The molecule has 5 nitrogen and oxygen atoms in total. The number of aromatic nitrogens is 1. The molecule has 2 aromatic carbocycles. The minimum atomic E-state index is -0.363. The molecule has 0 fully saturated rings. The Morgan fingerprint density at radius 3 is 2.52 bits per heavy atom. The number of carbonyl (C=O) groups excluding carboxylic acids is 2. The van der Waals surface area contributed by atoms with E-state index in [1.54, 1.807) is 30.3 Å². The maximum atomic E-state index is 12.4. The highest BCUT2D eigenvalue weighted by Crippen LogP contribution is 2.21. The van der Waals surface area contributed by atoms with E-state index in [9.17, 15) is 9.59 Å². The second-order valence-corrected chi connectivity index (χ2v) is 6.38. The van der Waals surface area contributed by atoms with Gasteiger partial charge in [0, 0.05) is 18.3 Å². The summed E-state index contributed by atoms with van der Waals surface area (Å²) >= 11 is 6.06. The molecule has 0 saturated carbocycles. The van der Waals surface area contributed by atoms with Crippen molar-refractivity contribution in [2.75, 3.05) is 5.32 Å². The predicted octanol–water partition coefficient (Wildman–Crippen LogP) is 4.23. The van der Waals surface area contributed by atoms with Crippen LogP contribution in [0.4, 0.5) is 5.69 Å². The van der Waals surface area contributed by atoms with Crippen LogP contribution in [0.2, 0.25) is 5.02 Å². The van der Waals surface area contributed by atoms with Gasteiger partial charge in [0.1, 0.15) is 5.69 Å². The number of benzene rings is 2. The topological polar surface area (TPSA) is 71.1 Å². The molecule has 0 aliphatic rings. The zero-order chi connectivity index (χ0) is 19.2. The summed E-state index contributed by atoms with van der Waals surface area (Å²) in [6.07, 6.45) is 1.43. The van der Waals surface area contributed by atoms with E-state index in [-0.39, 0.29) is 17.5 Å². The van der Waals surface area contributed by atoms with Crippen LogP contribution in [-0.4, -0.2) is 16.8 Å². The molecular weight excluding hydrogens is 362 g/mol. The largest absolute Gasteiger partial charge is 0.347 e. The van der Waals surface area contributed by atoms with E-state index in [0.29, 0.717) is 22.8 Å². The molecule has 0 aliphatic carbocycles. The molecule has 0 saturated heterocycles. The third-order valence-corrected chi connectivity index (χ3v) is 4.41. The van der Waals surface area contributed by atoms with E-state index in [2.05, 4.69) is 15.6 Å². The standard InChI is InChI=1S/C21H18ClN3O2/c1-14-6-2-3-7-16(14)13-24-21(27)19-12-15(10-11-23-19)20(26)25-18-9-5-4-8-17(18)22/h2-12H,13H2,1H3,(H,24,27)(H,25,26). The molecule has 0 bridgehead atoms. The van der Waals surface area contributed by atoms with E-state index in [1.165, 1.54) is 12.3 Å². The van der Waals surface area contributed by atoms with Gasteiger partial charge in [0.2, 0.25) is 0 Å². The Bertz CT molecular complexity index is 988. The molecule has 2 N–H and O–H groups in total. The molecule has 1 aromatic heterocycles. The Labute approximate surface area is 162 Å². The van der Waals surface area contributed by atoms with Crippen molar-refractivity contribution in [1.82, 2.24) is 10.3 Å². The highest BCUT2D eigenvalue weighted by molar-refractivity contribution is 6.33. The Morgan fingerprint density at radius 1 is 1.00 bits per heavy atom. The summed E-state index contributed by atoms with van der Waals surface area (Å²) in [6.45, 7) is 2.38. The monoisotopic (exact) mass is 379 g/mol. The van der Waals surface area contributed by atoms with Crippen molar-refractivity contribution in [1.29, 1.82) is 0 Å². The molecular formula is C21H18ClN3O2. The summed E-state index contributed by atoms with van der Waals surface area (Å²) < 4.78 is 0. The number of carbonyl (C=O) groups is 2. The summed E-state index contributed by atoms with van der Waals surface area (Å²) in [4.78, 5) is 28.9. The van der Waals surface area contributed by atoms with Gasteiger partial charge in [-0.15, -0.1) is 0 Å². The summed E-state index contributed by atoms with van der Waals surface area (Å²) in [7, 11) is 0. The number of pyridine rings is 1. The van der Waals surface area contributed by atoms with Gasteiger partial charge in [0.15, 0.2) is 0 Å². The lowest BCUT2D eigenvalue weighted by Gasteiger charge is -2.09. The number of hydrogen-bond acceptors (Lipinski definition) is 3. The molecule has 0 atom stereocenters. The van der Waals surface area contributed by atoms with Crippen LogP contribution < -0.4 is 10.6 Å². The second kappa shape index (κ2) is 8.47. The average Bonchev–Trinajstić information content (AvgIpc) is 2.69. The third-order valence-electron chi connectivity index (χ3n) is 4.08. The van der Waals surface area contributed by atoms with Crippen LogP contribution in [0.25, 0.3) is 0 Å². The normalized spacial score (nSPS) is 10.3. The smallest absolute Gasteiger partial charge is 0.270 e. The van der Waals surface area contributed by atoms with E-state index in [4.69, 9.17) is 11.6 Å². The number of anilines is 1. The molecule has 1 heterocycles. The highest BCUT2D eigenvalue weighted by atomic mass is 35.5. The first-order valence-electron chi connectivity index (χ1n) is 8.39. The minimum absolute atomic E-state index is 0.176.